The third-order valence-corrected chi connectivity index (χ3v) is 4.21. The molecule has 4 rings (SSSR count). The minimum atomic E-state index is 0.501. The molecular formula is C17H17N3O. The van der Waals surface area contributed by atoms with Gasteiger partial charge in [-0.15, -0.1) is 0 Å². The van der Waals surface area contributed by atoms with Crippen molar-refractivity contribution >= 4 is 10.9 Å². The summed E-state index contributed by atoms with van der Waals surface area (Å²) in [5.74, 6) is 0. The van der Waals surface area contributed by atoms with E-state index in [1.165, 1.54) is 22.0 Å². The Bertz CT molecular complexity index is 745. The van der Waals surface area contributed by atoms with Crippen LogP contribution in [0.2, 0.25) is 0 Å². The van der Waals surface area contributed by atoms with Crippen LogP contribution in [0.15, 0.2) is 49.2 Å². The second kappa shape index (κ2) is 5.30. The van der Waals surface area contributed by atoms with E-state index in [-0.39, 0.29) is 0 Å². The topological polar surface area (TPSA) is 39.9 Å². The normalized spacial score (nSPS) is 16.4. The van der Waals surface area contributed by atoms with E-state index in [1.807, 2.05) is 24.8 Å². The molecule has 0 amide bonds. The Morgan fingerprint density at radius 2 is 1.76 bits per heavy atom. The lowest BCUT2D eigenvalue weighted by molar-refractivity contribution is 0.0707. The van der Waals surface area contributed by atoms with Gasteiger partial charge < -0.3 is 9.30 Å². The highest BCUT2D eigenvalue weighted by Gasteiger charge is 2.19. The SMILES string of the molecule is c1cc(-c2cn(C3CCOCC3)c3cnccc23)ccn1. The van der Waals surface area contributed by atoms with Crippen molar-refractivity contribution < 1.29 is 4.74 Å². The van der Waals surface area contributed by atoms with Crippen molar-refractivity contribution in [1.82, 2.24) is 14.5 Å². The molecule has 1 aliphatic heterocycles. The summed E-state index contributed by atoms with van der Waals surface area (Å²) in [5, 5.41) is 1.25. The Hall–Kier alpha value is -2.20. The average molecular weight is 279 g/mol. The molecule has 0 spiro atoms. The van der Waals surface area contributed by atoms with Crippen LogP contribution in [0.4, 0.5) is 0 Å². The molecule has 3 aromatic heterocycles. The molecule has 4 heteroatoms. The first-order chi connectivity index (χ1) is 10.4. The van der Waals surface area contributed by atoms with Crippen LogP contribution < -0.4 is 0 Å². The zero-order valence-electron chi connectivity index (χ0n) is 11.8. The summed E-state index contributed by atoms with van der Waals surface area (Å²) < 4.78 is 7.86. The molecule has 1 aliphatic rings. The van der Waals surface area contributed by atoms with Crippen LogP contribution in [0.5, 0.6) is 0 Å². The fourth-order valence-corrected chi connectivity index (χ4v) is 3.12. The zero-order valence-corrected chi connectivity index (χ0v) is 11.8. The lowest BCUT2D eigenvalue weighted by Gasteiger charge is -2.24. The van der Waals surface area contributed by atoms with Gasteiger partial charge in [0.1, 0.15) is 0 Å². The van der Waals surface area contributed by atoms with E-state index in [4.69, 9.17) is 4.74 Å². The van der Waals surface area contributed by atoms with E-state index in [0.717, 1.165) is 26.1 Å². The fourth-order valence-electron chi connectivity index (χ4n) is 3.12. The number of aromatic nitrogens is 3. The number of pyridine rings is 2. The van der Waals surface area contributed by atoms with Gasteiger partial charge in [-0.2, -0.15) is 0 Å². The minimum absolute atomic E-state index is 0.501. The first-order valence-electron chi connectivity index (χ1n) is 7.36. The maximum Gasteiger partial charge on any atom is 0.0675 e. The molecule has 4 heterocycles. The summed E-state index contributed by atoms with van der Waals surface area (Å²) in [6.45, 7) is 1.68. The monoisotopic (exact) mass is 279 g/mol. The Morgan fingerprint density at radius 1 is 1.00 bits per heavy atom. The Balaban J connectivity index is 1.88. The van der Waals surface area contributed by atoms with Gasteiger partial charge in [-0.3, -0.25) is 9.97 Å². The predicted molar refractivity (Wildman–Crippen MR) is 82.1 cm³/mol. The maximum absolute atomic E-state index is 5.49. The molecule has 106 valence electrons. The van der Waals surface area contributed by atoms with Crippen LogP contribution in [0.1, 0.15) is 18.9 Å². The van der Waals surface area contributed by atoms with E-state index in [9.17, 15) is 0 Å². The van der Waals surface area contributed by atoms with Gasteiger partial charge >= 0.3 is 0 Å². The quantitative estimate of drug-likeness (QED) is 0.721. The summed E-state index contributed by atoms with van der Waals surface area (Å²) in [6, 6.07) is 6.72. The molecule has 0 saturated carbocycles. The second-order valence-electron chi connectivity index (χ2n) is 5.42. The van der Waals surface area contributed by atoms with Crippen molar-refractivity contribution in [1.29, 1.82) is 0 Å². The Kier molecular flexibility index (Phi) is 3.16. The lowest BCUT2D eigenvalue weighted by atomic mass is 10.1. The van der Waals surface area contributed by atoms with Gasteiger partial charge in [-0.05, 0) is 36.6 Å². The molecule has 0 N–H and O–H groups in total. The minimum Gasteiger partial charge on any atom is -0.381 e. The molecule has 0 aromatic carbocycles. The van der Waals surface area contributed by atoms with Crippen LogP contribution >= 0.6 is 0 Å². The van der Waals surface area contributed by atoms with Gasteiger partial charge in [0.25, 0.3) is 0 Å². The van der Waals surface area contributed by atoms with E-state index >= 15 is 0 Å². The van der Waals surface area contributed by atoms with Crippen LogP contribution in [-0.2, 0) is 4.74 Å². The first-order valence-corrected chi connectivity index (χ1v) is 7.36. The summed E-state index contributed by atoms with van der Waals surface area (Å²) in [6.07, 6.45) is 11.9. The molecular weight excluding hydrogens is 262 g/mol. The largest absolute Gasteiger partial charge is 0.381 e. The number of rotatable bonds is 2. The highest BCUT2D eigenvalue weighted by molar-refractivity contribution is 5.95. The van der Waals surface area contributed by atoms with Crippen molar-refractivity contribution in [3.05, 3.63) is 49.2 Å². The summed E-state index contributed by atoms with van der Waals surface area (Å²) in [7, 11) is 0. The van der Waals surface area contributed by atoms with Crippen LogP contribution in [0.3, 0.4) is 0 Å². The van der Waals surface area contributed by atoms with Gasteiger partial charge in [0.05, 0.1) is 11.7 Å². The molecule has 0 atom stereocenters. The predicted octanol–water partition coefficient (Wildman–Crippen LogP) is 3.45. The van der Waals surface area contributed by atoms with Crippen LogP contribution in [-0.4, -0.2) is 27.7 Å². The van der Waals surface area contributed by atoms with E-state index < -0.39 is 0 Å². The highest BCUT2D eigenvalue weighted by Crippen LogP contribution is 2.34. The lowest BCUT2D eigenvalue weighted by Crippen LogP contribution is -2.18. The van der Waals surface area contributed by atoms with Crippen molar-refractivity contribution in [2.45, 2.75) is 18.9 Å². The number of nitrogens with zero attached hydrogens (tertiary/aromatic N) is 3. The Labute approximate surface area is 123 Å². The fraction of sp³-hybridized carbons (Fsp3) is 0.294. The van der Waals surface area contributed by atoms with Crippen molar-refractivity contribution in [2.24, 2.45) is 0 Å². The maximum atomic E-state index is 5.49. The number of fused-ring (bicyclic) bond motifs is 1. The van der Waals surface area contributed by atoms with Gasteiger partial charge in [0.15, 0.2) is 0 Å². The molecule has 0 bridgehead atoms. The van der Waals surface area contributed by atoms with E-state index in [2.05, 4.69) is 38.9 Å². The van der Waals surface area contributed by atoms with Gasteiger partial charge in [-0.25, -0.2) is 0 Å². The van der Waals surface area contributed by atoms with Gasteiger partial charge in [-0.1, -0.05) is 0 Å². The second-order valence-corrected chi connectivity index (χ2v) is 5.42. The van der Waals surface area contributed by atoms with Gasteiger partial charge in [0.2, 0.25) is 0 Å². The number of ether oxygens (including phenoxy) is 1. The molecule has 1 fully saturated rings. The Morgan fingerprint density at radius 3 is 2.57 bits per heavy atom. The molecule has 1 saturated heterocycles. The smallest absolute Gasteiger partial charge is 0.0675 e. The van der Waals surface area contributed by atoms with Crippen LogP contribution in [0.25, 0.3) is 22.0 Å². The summed E-state index contributed by atoms with van der Waals surface area (Å²) in [5.41, 5.74) is 3.66. The number of hydrogen-bond acceptors (Lipinski definition) is 3. The summed E-state index contributed by atoms with van der Waals surface area (Å²) >= 11 is 0. The van der Waals surface area contributed by atoms with Crippen molar-refractivity contribution in [2.75, 3.05) is 13.2 Å². The molecule has 0 aliphatic carbocycles. The van der Waals surface area contributed by atoms with Crippen LogP contribution in [0, 0.1) is 0 Å². The zero-order chi connectivity index (χ0) is 14.1. The average Bonchev–Trinajstić information content (AvgIpc) is 2.96. The first kappa shape index (κ1) is 12.5. The molecule has 0 unspecified atom stereocenters. The van der Waals surface area contributed by atoms with E-state index in [0.29, 0.717) is 6.04 Å². The summed E-state index contributed by atoms with van der Waals surface area (Å²) in [4.78, 5) is 8.42. The molecule has 21 heavy (non-hydrogen) atoms. The molecule has 3 aromatic rings. The highest BCUT2D eigenvalue weighted by atomic mass is 16.5. The van der Waals surface area contributed by atoms with E-state index in [1.54, 1.807) is 0 Å². The third-order valence-electron chi connectivity index (χ3n) is 4.21. The standard InChI is InChI=1S/C17H17N3O/c1-6-18-7-2-13(1)16-12-20(14-4-9-21-10-5-14)17-11-19-8-3-15(16)17/h1-3,6-8,11-12,14H,4-5,9-10H2. The van der Waals surface area contributed by atoms with Gasteiger partial charge in [0, 0.05) is 55.0 Å². The van der Waals surface area contributed by atoms with Crippen molar-refractivity contribution in [3.63, 3.8) is 0 Å². The molecule has 4 nitrogen and oxygen atoms in total. The third kappa shape index (κ3) is 2.21. The number of hydrogen-bond donors (Lipinski definition) is 0. The molecule has 0 radical (unpaired) electrons. The van der Waals surface area contributed by atoms with Crippen molar-refractivity contribution in [3.8, 4) is 11.1 Å².